The van der Waals surface area contributed by atoms with Crippen LogP contribution in [-0.2, 0) is 0 Å². The van der Waals surface area contributed by atoms with Crippen molar-refractivity contribution in [3.8, 4) is 18.1 Å². The summed E-state index contributed by atoms with van der Waals surface area (Å²) in [7, 11) is 0. The molecule has 2 heteroatoms. The molecule has 0 saturated carbocycles. The van der Waals surface area contributed by atoms with Gasteiger partial charge in [0.1, 0.15) is 5.75 Å². The lowest BCUT2D eigenvalue weighted by Gasteiger charge is -2.14. The molecule has 0 saturated heterocycles. The van der Waals surface area contributed by atoms with E-state index in [2.05, 4.69) is 28.5 Å². The van der Waals surface area contributed by atoms with Crippen LogP contribution >= 0.6 is 22.6 Å². The van der Waals surface area contributed by atoms with Crippen molar-refractivity contribution >= 4 is 22.6 Å². The highest BCUT2D eigenvalue weighted by molar-refractivity contribution is 14.1. The van der Waals surface area contributed by atoms with Crippen LogP contribution in [0.15, 0.2) is 54.6 Å². The van der Waals surface area contributed by atoms with Gasteiger partial charge < -0.3 is 4.74 Å². The van der Waals surface area contributed by atoms with E-state index in [-0.39, 0.29) is 6.10 Å². The van der Waals surface area contributed by atoms with Crippen LogP contribution in [0.25, 0.3) is 0 Å². The molecule has 0 aliphatic rings. The fourth-order valence-corrected chi connectivity index (χ4v) is 1.83. The molecular weight excluding hydrogens is 323 g/mol. The highest BCUT2D eigenvalue weighted by Gasteiger charge is 2.08. The Labute approximate surface area is 115 Å². The van der Waals surface area contributed by atoms with Gasteiger partial charge in [0.05, 0.1) is 0 Å². The molecule has 0 aliphatic heterocycles. The SMILES string of the molecule is C#CC(Oc1ccc(I)cc1)c1ccccc1. The minimum absolute atomic E-state index is 0.337. The van der Waals surface area contributed by atoms with E-state index in [0.29, 0.717) is 0 Å². The summed E-state index contributed by atoms with van der Waals surface area (Å²) in [6.07, 6.45) is 5.17. The maximum absolute atomic E-state index is 5.77. The first-order chi connectivity index (χ1) is 8.29. The van der Waals surface area contributed by atoms with Gasteiger partial charge in [0.2, 0.25) is 0 Å². The number of hydrogen-bond acceptors (Lipinski definition) is 1. The Morgan fingerprint density at radius 3 is 2.24 bits per heavy atom. The third kappa shape index (κ3) is 3.24. The van der Waals surface area contributed by atoms with Gasteiger partial charge in [-0.25, -0.2) is 0 Å². The lowest BCUT2D eigenvalue weighted by atomic mass is 10.1. The predicted octanol–water partition coefficient (Wildman–Crippen LogP) is 4.04. The minimum atomic E-state index is -0.337. The van der Waals surface area contributed by atoms with Gasteiger partial charge >= 0.3 is 0 Å². The molecule has 0 fully saturated rings. The molecule has 0 bridgehead atoms. The Morgan fingerprint density at radius 2 is 1.65 bits per heavy atom. The Balaban J connectivity index is 2.17. The molecule has 0 heterocycles. The molecule has 1 nitrogen and oxygen atoms in total. The number of halogens is 1. The Bertz CT molecular complexity index is 511. The Morgan fingerprint density at radius 1 is 1.00 bits per heavy atom. The van der Waals surface area contributed by atoms with Gasteiger partial charge in [-0.05, 0) is 46.9 Å². The van der Waals surface area contributed by atoms with E-state index < -0.39 is 0 Å². The van der Waals surface area contributed by atoms with Crippen molar-refractivity contribution in [1.29, 1.82) is 0 Å². The van der Waals surface area contributed by atoms with Gasteiger partial charge in [0.15, 0.2) is 6.10 Å². The molecule has 2 aromatic rings. The smallest absolute Gasteiger partial charge is 0.184 e. The average molecular weight is 334 g/mol. The van der Waals surface area contributed by atoms with Gasteiger partial charge in [-0.1, -0.05) is 36.3 Å². The molecule has 0 spiro atoms. The largest absolute Gasteiger partial charge is 0.473 e. The summed E-state index contributed by atoms with van der Waals surface area (Å²) < 4.78 is 6.94. The zero-order chi connectivity index (χ0) is 12.1. The van der Waals surface area contributed by atoms with Gasteiger partial charge in [-0.3, -0.25) is 0 Å². The van der Waals surface area contributed by atoms with Gasteiger partial charge in [0.25, 0.3) is 0 Å². The quantitative estimate of drug-likeness (QED) is 0.608. The molecule has 1 atom stereocenters. The van der Waals surface area contributed by atoms with E-state index in [4.69, 9.17) is 11.2 Å². The second kappa shape index (κ2) is 5.74. The fourth-order valence-electron chi connectivity index (χ4n) is 1.48. The normalized spacial score (nSPS) is 11.5. The van der Waals surface area contributed by atoms with E-state index in [9.17, 15) is 0 Å². The number of terminal acetylenes is 1. The van der Waals surface area contributed by atoms with E-state index >= 15 is 0 Å². The third-order valence-corrected chi connectivity index (χ3v) is 3.04. The third-order valence-electron chi connectivity index (χ3n) is 2.32. The van der Waals surface area contributed by atoms with Crippen LogP contribution in [0, 0.1) is 15.9 Å². The van der Waals surface area contributed by atoms with Crippen LogP contribution in [0.5, 0.6) is 5.75 Å². The summed E-state index contributed by atoms with van der Waals surface area (Å²) in [6.45, 7) is 0. The van der Waals surface area contributed by atoms with Crippen LogP contribution in [-0.4, -0.2) is 0 Å². The number of hydrogen-bond donors (Lipinski definition) is 0. The summed E-state index contributed by atoms with van der Waals surface area (Å²) in [5, 5.41) is 0. The summed E-state index contributed by atoms with van der Waals surface area (Å²) in [4.78, 5) is 0. The van der Waals surface area contributed by atoms with Crippen LogP contribution < -0.4 is 4.74 Å². The highest BCUT2D eigenvalue weighted by atomic mass is 127. The highest BCUT2D eigenvalue weighted by Crippen LogP contribution is 2.22. The Hall–Kier alpha value is -1.47. The zero-order valence-electron chi connectivity index (χ0n) is 9.14. The van der Waals surface area contributed by atoms with Gasteiger partial charge in [-0.2, -0.15) is 0 Å². The molecule has 0 N–H and O–H groups in total. The summed E-state index contributed by atoms with van der Waals surface area (Å²) in [5.41, 5.74) is 0.994. The summed E-state index contributed by atoms with van der Waals surface area (Å²) in [6, 6.07) is 17.7. The van der Waals surface area contributed by atoms with Crippen molar-refractivity contribution in [2.24, 2.45) is 0 Å². The monoisotopic (exact) mass is 334 g/mol. The molecule has 1 unspecified atom stereocenters. The number of rotatable bonds is 3. The first-order valence-electron chi connectivity index (χ1n) is 5.23. The van der Waals surface area contributed by atoms with Crippen molar-refractivity contribution < 1.29 is 4.74 Å². The first-order valence-corrected chi connectivity index (χ1v) is 6.31. The van der Waals surface area contributed by atoms with Crippen molar-refractivity contribution in [3.63, 3.8) is 0 Å². The van der Waals surface area contributed by atoms with Crippen molar-refractivity contribution in [3.05, 3.63) is 63.7 Å². The van der Waals surface area contributed by atoms with Crippen LogP contribution in [0.2, 0.25) is 0 Å². The molecular formula is C15H11IO. The average Bonchev–Trinajstić information content (AvgIpc) is 2.39. The molecule has 0 aromatic heterocycles. The second-order valence-electron chi connectivity index (χ2n) is 3.53. The zero-order valence-corrected chi connectivity index (χ0v) is 11.3. The predicted molar refractivity (Wildman–Crippen MR) is 77.8 cm³/mol. The topological polar surface area (TPSA) is 9.23 Å². The molecule has 0 amide bonds. The standard InChI is InChI=1S/C15H11IO/c1-2-15(12-6-4-3-5-7-12)17-14-10-8-13(16)9-11-14/h1,3-11,15H. The van der Waals surface area contributed by atoms with Crippen molar-refractivity contribution in [2.45, 2.75) is 6.10 Å². The van der Waals surface area contributed by atoms with Gasteiger partial charge in [-0.15, -0.1) is 6.42 Å². The number of benzene rings is 2. The van der Waals surface area contributed by atoms with Crippen LogP contribution in [0.4, 0.5) is 0 Å². The van der Waals surface area contributed by atoms with Gasteiger partial charge in [0, 0.05) is 9.13 Å². The number of ether oxygens (including phenoxy) is 1. The van der Waals surface area contributed by atoms with Crippen LogP contribution in [0.1, 0.15) is 11.7 Å². The molecule has 17 heavy (non-hydrogen) atoms. The van der Waals surface area contributed by atoms with Crippen molar-refractivity contribution in [2.75, 3.05) is 0 Å². The fraction of sp³-hybridized carbons (Fsp3) is 0.0667. The first kappa shape index (κ1) is 12.0. The summed E-state index contributed by atoms with van der Waals surface area (Å²) >= 11 is 2.26. The van der Waals surface area contributed by atoms with E-state index in [1.165, 1.54) is 3.57 Å². The summed E-state index contributed by atoms with van der Waals surface area (Å²) in [5.74, 6) is 3.45. The van der Waals surface area contributed by atoms with E-state index in [1.54, 1.807) is 0 Å². The molecule has 0 aliphatic carbocycles. The maximum Gasteiger partial charge on any atom is 0.184 e. The lowest BCUT2D eigenvalue weighted by molar-refractivity contribution is 0.265. The minimum Gasteiger partial charge on any atom is -0.473 e. The van der Waals surface area contributed by atoms with Crippen LogP contribution in [0.3, 0.4) is 0 Å². The molecule has 0 radical (unpaired) electrons. The lowest BCUT2D eigenvalue weighted by Crippen LogP contribution is -2.04. The maximum atomic E-state index is 5.77. The second-order valence-corrected chi connectivity index (χ2v) is 4.77. The molecule has 84 valence electrons. The van der Waals surface area contributed by atoms with E-state index in [0.717, 1.165) is 11.3 Å². The van der Waals surface area contributed by atoms with Crippen molar-refractivity contribution in [1.82, 2.24) is 0 Å². The Kier molecular flexibility index (Phi) is 4.05. The van der Waals surface area contributed by atoms with E-state index in [1.807, 2.05) is 54.6 Å². The molecule has 2 aromatic carbocycles. The molecule has 2 rings (SSSR count).